The molecule has 0 saturated heterocycles. The summed E-state index contributed by atoms with van der Waals surface area (Å²) in [7, 11) is 3.43. The summed E-state index contributed by atoms with van der Waals surface area (Å²) < 4.78 is 5.05. The molecule has 0 unspecified atom stereocenters. The number of amides is 1. The van der Waals surface area contributed by atoms with E-state index in [4.69, 9.17) is 28.6 Å². The van der Waals surface area contributed by atoms with E-state index in [1.54, 1.807) is 42.3 Å². The SMILES string of the molecule is CCOC(=O)c1cc(Cl)ccc1N(C)C(=O)CC(=S)N(C)c1cccs1. The van der Waals surface area contributed by atoms with Crippen molar-refractivity contribution in [3.63, 3.8) is 0 Å². The van der Waals surface area contributed by atoms with Crippen LogP contribution in [0.15, 0.2) is 35.7 Å². The van der Waals surface area contributed by atoms with E-state index in [0.717, 1.165) is 5.00 Å². The maximum absolute atomic E-state index is 12.7. The number of rotatable bonds is 6. The lowest BCUT2D eigenvalue weighted by Gasteiger charge is -2.23. The van der Waals surface area contributed by atoms with Crippen molar-refractivity contribution in [3.8, 4) is 0 Å². The van der Waals surface area contributed by atoms with Crippen molar-refractivity contribution in [2.45, 2.75) is 13.3 Å². The number of nitrogens with zero attached hydrogens (tertiary/aromatic N) is 2. The minimum absolute atomic E-state index is 0.0468. The van der Waals surface area contributed by atoms with Gasteiger partial charge >= 0.3 is 5.97 Å². The first-order chi connectivity index (χ1) is 12.3. The Balaban J connectivity index is 2.17. The summed E-state index contributed by atoms with van der Waals surface area (Å²) in [5, 5.41) is 3.30. The molecule has 0 spiro atoms. The highest BCUT2D eigenvalue weighted by Crippen LogP contribution is 2.26. The molecule has 26 heavy (non-hydrogen) atoms. The van der Waals surface area contributed by atoms with Gasteiger partial charge in [0.25, 0.3) is 0 Å². The summed E-state index contributed by atoms with van der Waals surface area (Å²) in [4.78, 5) is 28.6. The minimum atomic E-state index is -0.525. The van der Waals surface area contributed by atoms with E-state index in [-0.39, 0.29) is 24.5 Å². The van der Waals surface area contributed by atoms with Crippen LogP contribution in [-0.2, 0) is 9.53 Å². The first-order valence-electron chi connectivity index (χ1n) is 7.88. The van der Waals surface area contributed by atoms with E-state index in [2.05, 4.69) is 0 Å². The van der Waals surface area contributed by atoms with Gasteiger partial charge in [-0.2, -0.15) is 0 Å². The van der Waals surface area contributed by atoms with Gasteiger partial charge in [-0.3, -0.25) is 4.79 Å². The average molecular weight is 411 g/mol. The molecule has 2 rings (SSSR count). The number of thiophene rings is 1. The molecule has 0 N–H and O–H groups in total. The number of hydrogen-bond donors (Lipinski definition) is 0. The van der Waals surface area contributed by atoms with Crippen LogP contribution in [0.3, 0.4) is 0 Å². The maximum atomic E-state index is 12.7. The fourth-order valence-corrected chi connectivity index (χ4v) is 3.43. The second-order valence-corrected chi connectivity index (χ2v) is 7.25. The molecule has 8 heteroatoms. The van der Waals surface area contributed by atoms with Crippen LogP contribution in [0.4, 0.5) is 10.7 Å². The van der Waals surface area contributed by atoms with Gasteiger partial charge in [-0.1, -0.05) is 23.8 Å². The van der Waals surface area contributed by atoms with Gasteiger partial charge in [0.2, 0.25) is 5.91 Å². The highest BCUT2D eigenvalue weighted by Gasteiger charge is 2.22. The zero-order valence-electron chi connectivity index (χ0n) is 14.7. The number of esters is 1. The van der Waals surface area contributed by atoms with E-state index < -0.39 is 5.97 Å². The number of hydrogen-bond acceptors (Lipinski definition) is 5. The molecule has 1 amide bonds. The zero-order chi connectivity index (χ0) is 19.3. The summed E-state index contributed by atoms with van der Waals surface area (Å²) >= 11 is 12.9. The van der Waals surface area contributed by atoms with Crippen LogP contribution < -0.4 is 9.80 Å². The standard InChI is InChI=1S/C18H19ClN2O3S2/c1-4-24-18(23)13-10-12(19)7-8-14(13)20(2)15(22)11-16(25)21(3)17-6-5-9-26-17/h5-10H,4,11H2,1-3H3. The largest absolute Gasteiger partial charge is 0.462 e. The number of carbonyl (C=O) groups excluding carboxylic acids is 2. The van der Waals surface area contributed by atoms with Gasteiger partial charge in [-0.25, -0.2) is 4.79 Å². The Kier molecular flexibility index (Phi) is 7.14. The third-order valence-electron chi connectivity index (χ3n) is 3.70. The smallest absolute Gasteiger partial charge is 0.340 e. The Morgan fingerprint density at radius 2 is 1.96 bits per heavy atom. The van der Waals surface area contributed by atoms with Crippen molar-refractivity contribution in [1.82, 2.24) is 0 Å². The molecule has 0 aliphatic carbocycles. The first kappa shape index (κ1) is 20.4. The van der Waals surface area contributed by atoms with Crippen molar-refractivity contribution in [2.24, 2.45) is 0 Å². The first-order valence-corrected chi connectivity index (χ1v) is 9.55. The highest BCUT2D eigenvalue weighted by molar-refractivity contribution is 7.80. The average Bonchev–Trinajstić information content (AvgIpc) is 3.15. The molecule has 1 aromatic carbocycles. The van der Waals surface area contributed by atoms with Gasteiger partial charge < -0.3 is 14.5 Å². The second-order valence-electron chi connectivity index (χ2n) is 5.42. The van der Waals surface area contributed by atoms with E-state index in [1.807, 2.05) is 24.6 Å². The second kappa shape index (κ2) is 9.12. The number of anilines is 2. The molecule has 0 aliphatic heterocycles. The molecule has 5 nitrogen and oxygen atoms in total. The van der Waals surface area contributed by atoms with Crippen LogP contribution in [0.25, 0.3) is 0 Å². The zero-order valence-corrected chi connectivity index (χ0v) is 17.1. The quantitative estimate of drug-likeness (QED) is 0.522. The molecule has 1 heterocycles. The fourth-order valence-electron chi connectivity index (χ4n) is 2.26. The van der Waals surface area contributed by atoms with Crippen LogP contribution in [0.2, 0.25) is 5.02 Å². The fraction of sp³-hybridized carbons (Fsp3) is 0.278. The van der Waals surface area contributed by atoms with Crippen LogP contribution >= 0.6 is 35.2 Å². The van der Waals surface area contributed by atoms with Crippen molar-refractivity contribution in [1.29, 1.82) is 0 Å². The van der Waals surface area contributed by atoms with Crippen LogP contribution in [0.5, 0.6) is 0 Å². The molecule has 0 atom stereocenters. The van der Waals surface area contributed by atoms with Crippen molar-refractivity contribution in [2.75, 3.05) is 30.5 Å². The monoisotopic (exact) mass is 410 g/mol. The molecule has 0 saturated carbocycles. The van der Waals surface area contributed by atoms with Gasteiger partial charge in [0, 0.05) is 19.1 Å². The van der Waals surface area contributed by atoms with Gasteiger partial charge in [-0.15, -0.1) is 11.3 Å². The Bertz CT molecular complexity index is 809. The van der Waals surface area contributed by atoms with E-state index in [0.29, 0.717) is 15.7 Å². The predicted octanol–water partition coefficient (Wildman–Crippen LogP) is 4.39. The molecule has 0 bridgehead atoms. The van der Waals surface area contributed by atoms with E-state index >= 15 is 0 Å². The number of halogens is 1. The predicted molar refractivity (Wildman–Crippen MR) is 111 cm³/mol. The number of carbonyl (C=O) groups is 2. The highest BCUT2D eigenvalue weighted by atomic mass is 35.5. The molecule has 0 radical (unpaired) electrons. The van der Waals surface area contributed by atoms with Gasteiger partial charge in [0.1, 0.15) is 0 Å². The van der Waals surface area contributed by atoms with Crippen LogP contribution in [0.1, 0.15) is 23.7 Å². The van der Waals surface area contributed by atoms with Crippen LogP contribution in [0, 0.1) is 0 Å². The molecule has 1 aromatic heterocycles. The normalized spacial score (nSPS) is 10.3. The maximum Gasteiger partial charge on any atom is 0.340 e. The lowest BCUT2D eigenvalue weighted by atomic mass is 10.1. The van der Waals surface area contributed by atoms with E-state index in [1.165, 1.54) is 11.0 Å². The Morgan fingerprint density at radius 1 is 1.23 bits per heavy atom. The summed E-state index contributed by atoms with van der Waals surface area (Å²) in [6, 6.07) is 8.60. The molecule has 138 valence electrons. The third kappa shape index (κ3) is 4.81. The van der Waals surface area contributed by atoms with Crippen molar-refractivity contribution < 1.29 is 14.3 Å². The van der Waals surface area contributed by atoms with Crippen molar-refractivity contribution >= 4 is 62.7 Å². The van der Waals surface area contributed by atoms with Gasteiger partial charge in [-0.05, 0) is 42.6 Å². The number of benzene rings is 1. The van der Waals surface area contributed by atoms with Gasteiger partial charge in [0.05, 0.1) is 34.3 Å². The topological polar surface area (TPSA) is 49.9 Å². The Labute approximate surface area is 167 Å². The molecule has 2 aromatic rings. The van der Waals surface area contributed by atoms with Crippen molar-refractivity contribution in [3.05, 3.63) is 46.3 Å². The lowest BCUT2D eigenvalue weighted by Crippen LogP contribution is -2.34. The Hall–Kier alpha value is -1.96. The summed E-state index contributed by atoms with van der Waals surface area (Å²) in [6.45, 7) is 1.95. The summed E-state index contributed by atoms with van der Waals surface area (Å²) in [6.07, 6.45) is 0.0468. The minimum Gasteiger partial charge on any atom is -0.462 e. The summed E-state index contributed by atoms with van der Waals surface area (Å²) in [5.74, 6) is -0.755. The molecule has 0 fully saturated rings. The van der Waals surface area contributed by atoms with Crippen LogP contribution in [-0.4, -0.2) is 37.6 Å². The van der Waals surface area contributed by atoms with E-state index in [9.17, 15) is 9.59 Å². The lowest BCUT2D eigenvalue weighted by molar-refractivity contribution is -0.117. The van der Waals surface area contributed by atoms with Gasteiger partial charge in [0.15, 0.2) is 0 Å². The molecular weight excluding hydrogens is 392 g/mol. The third-order valence-corrected chi connectivity index (χ3v) is 5.30. The Morgan fingerprint density at radius 3 is 2.58 bits per heavy atom. The number of ether oxygens (including phenoxy) is 1. The summed E-state index contributed by atoms with van der Waals surface area (Å²) in [5.41, 5.74) is 0.673. The molecular formula is C18H19ClN2O3S2. The molecule has 0 aliphatic rings. The number of thiocarbonyl (C=S) groups is 1.